The van der Waals surface area contributed by atoms with Gasteiger partial charge in [0.05, 0.1) is 0 Å². The standard InChI is InChI=1S/C9H27N7/c1-3(10)5(12)7(14)9(16)8(15)6(13)4(2)11/h3-9H,10-16H2,1-2H3. The van der Waals surface area contributed by atoms with Gasteiger partial charge in [-0.1, -0.05) is 0 Å². The lowest BCUT2D eigenvalue weighted by Crippen LogP contribution is -2.68. The third-order valence-corrected chi connectivity index (χ3v) is 2.99. The lowest BCUT2D eigenvalue weighted by atomic mass is 9.88. The van der Waals surface area contributed by atoms with E-state index in [9.17, 15) is 0 Å². The Morgan fingerprint density at radius 1 is 0.438 bits per heavy atom. The molecule has 0 aliphatic rings. The lowest BCUT2D eigenvalue weighted by molar-refractivity contribution is 0.324. The fourth-order valence-electron chi connectivity index (χ4n) is 1.47. The van der Waals surface area contributed by atoms with E-state index in [1.807, 2.05) is 0 Å². The molecule has 0 aromatic carbocycles. The summed E-state index contributed by atoms with van der Waals surface area (Å²) in [4.78, 5) is 0. The fraction of sp³-hybridized carbons (Fsp3) is 1.00. The summed E-state index contributed by atoms with van der Waals surface area (Å²) in [5.41, 5.74) is 40.6. The first-order valence-corrected chi connectivity index (χ1v) is 5.49. The van der Waals surface area contributed by atoms with Gasteiger partial charge in [-0.2, -0.15) is 0 Å². The first kappa shape index (κ1) is 15.7. The molecule has 7 heteroatoms. The zero-order valence-electron chi connectivity index (χ0n) is 10.1. The maximum Gasteiger partial charge on any atom is 0.0378 e. The molecule has 0 aromatic heterocycles. The SMILES string of the molecule is CC(N)C(N)C(N)C(N)C(N)C(N)C(C)N. The van der Waals surface area contributed by atoms with Gasteiger partial charge < -0.3 is 40.1 Å². The Hall–Kier alpha value is -0.280. The van der Waals surface area contributed by atoms with Crippen LogP contribution in [0.25, 0.3) is 0 Å². The van der Waals surface area contributed by atoms with Crippen LogP contribution < -0.4 is 40.1 Å². The summed E-state index contributed by atoms with van der Waals surface area (Å²) in [6.45, 7) is 3.54. The van der Waals surface area contributed by atoms with Crippen molar-refractivity contribution in [2.75, 3.05) is 0 Å². The molecule has 0 aliphatic heterocycles. The highest BCUT2D eigenvalue weighted by molar-refractivity contribution is 4.99. The maximum absolute atomic E-state index is 5.92. The molecule has 0 radical (unpaired) electrons. The van der Waals surface area contributed by atoms with Crippen molar-refractivity contribution in [1.29, 1.82) is 0 Å². The molecule has 0 rings (SSSR count). The van der Waals surface area contributed by atoms with Gasteiger partial charge >= 0.3 is 0 Å². The molecule has 0 saturated heterocycles. The third-order valence-electron chi connectivity index (χ3n) is 2.99. The van der Waals surface area contributed by atoms with E-state index in [0.29, 0.717) is 0 Å². The Labute approximate surface area is 97.0 Å². The van der Waals surface area contributed by atoms with Crippen LogP contribution in [0, 0.1) is 0 Å². The summed E-state index contributed by atoms with van der Waals surface area (Å²) in [7, 11) is 0. The normalized spacial score (nSPS) is 25.3. The van der Waals surface area contributed by atoms with Crippen molar-refractivity contribution < 1.29 is 0 Å². The van der Waals surface area contributed by atoms with Gasteiger partial charge in [0.1, 0.15) is 0 Å². The van der Waals surface area contributed by atoms with Crippen LogP contribution in [0.1, 0.15) is 13.8 Å². The molecule has 0 aliphatic carbocycles. The van der Waals surface area contributed by atoms with E-state index in [1.165, 1.54) is 0 Å². The molecule has 6 atom stereocenters. The van der Waals surface area contributed by atoms with Gasteiger partial charge in [0.15, 0.2) is 0 Å². The monoisotopic (exact) mass is 233 g/mol. The van der Waals surface area contributed by atoms with Gasteiger partial charge in [-0.3, -0.25) is 0 Å². The molecule has 0 amide bonds. The van der Waals surface area contributed by atoms with Gasteiger partial charge in [0.25, 0.3) is 0 Å². The van der Waals surface area contributed by atoms with Crippen LogP contribution in [0.2, 0.25) is 0 Å². The largest absolute Gasteiger partial charge is 0.326 e. The number of hydrogen-bond acceptors (Lipinski definition) is 7. The summed E-state index contributed by atoms with van der Waals surface area (Å²) in [5.74, 6) is 0. The average molecular weight is 233 g/mol. The zero-order valence-corrected chi connectivity index (χ0v) is 10.1. The predicted molar refractivity (Wildman–Crippen MR) is 67.2 cm³/mol. The second kappa shape index (κ2) is 6.45. The Bertz CT molecular complexity index is 176. The number of nitrogens with two attached hydrogens (primary N) is 7. The topological polar surface area (TPSA) is 182 Å². The van der Waals surface area contributed by atoms with Crippen molar-refractivity contribution >= 4 is 0 Å². The minimum Gasteiger partial charge on any atom is -0.326 e. The molecular formula is C9H27N7. The van der Waals surface area contributed by atoms with Gasteiger partial charge in [0, 0.05) is 42.3 Å². The summed E-state index contributed by atoms with van der Waals surface area (Å²) in [6, 6.07) is -2.86. The zero-order chi connectivity index (χ0) is 13.0. The van der Waals surface area contributed by atoms with E-state index in [2.05, 4.69) is 0 Å². The molecule has 98 valence electrons. The first-order chi connectivity index (χ1) is 7.20. The maximum atomic E-state index is 5.92. The van der Waals surface area contributed by atoms with Crippen molar-refractivity contribution in [3.8, 4) is 0 Å². The first-order valence-electron chi connectivity index (χ1n) is 5.49. The summed E-state index contributed by atoms with van der Waals surface area (Å²) < 4.78 is 0. The fourth-order valence-corrected chi connectivity index (χ4v) is 1.47. The highest BCUT2D eigenvalue weighted by Gasteiger charge is 2.31. The Balaban J connectivity index is 4.48. The van der Waals surface area contributed by atoms with Crippen molar-refractivity contribution in [3.63, 3.8) is 0 Å². The lowest BCUT2D eigenvalue weighted by Gasteiger charge is -2.35. The van der Waals surface area contributed by atoms with Crippen molar-refractivity contribution in [3.05, 3.63) is 0 Å². The molecule has 14 N–H and O–H groups in total. The summed E-state index contributed by atoms with van der Waals surface area (Å²) in [6.07, 6.45) is 0. The van der Waals surface area contributed by atoms with Gasteiger partial charge in [0.2, 0.25) is 0 Å². The van der Waals surface area contributed by atoms with E-state index in [4.69, 9.17) is 40.1 Å². The highest BCUT2D eigenvalue weighted by Crippen LogP contribution is 2.04. The van der Waals surface area contributed by atoms with Crippen LogP contribution in [0.15, 0.2) is 0 Å². The van der Waals surface area contributed by atoms with E-state index < -0.39 is 30.2 Å². The van der Waals surface area contributed by atoms with Crippen LogP contribution in [-0.4, -0.2) is 42.3 Å². The van der Waals surface area contributed by atoms with Crippen LogP contribution >= 0.6 is 0 Å². The Kier molecular flexibility index (Phi) is 6.34. The molecule has 0 spiro atoms. The van der Waals surface area contributed by atoms with Crippen LogP contribution in [0.5, 0.6) is 0 Å². The minimum absolute atomic E-state index is 0.250. The van der Waals surface area contributed by atoms with E-state index >= 15 is 0 Å². The number of hydrogen-bond donors (Lipinski definition) is 7. The molecule has 0 heterocycles. The molecular weight excluding hydrogens is 206 g/mol. The van der Waals surface area contributed by atoms with E-state index in [-0.39, 0.29) is 12.1 Å². The second-order valence-corrected chi connectivity index (χ2v) is 4.60. The van der Waals surface area contributed by atoms with Crippen LogP contribution in [0.4, 0.5) is 0 Å². The summed E-state index contributed by atoms with van der Waals surface area (Å²) in [5, 5.41) is 0. The van der Waals surface area contributed by atoms with Gasteiger partial charge in [-0.05, 0) is 13.8 Å². The molecule has 0 saturated carbocycles. The molecule has 0 aromatic rings. The van der Waals surface area contributed by atoms with Gasteiger partial charge in [-0.25, -0.2) is 0 Å². The van der Waals surface area contributed by atoms with E-state index in [1.54, 1.807) is 13.8 Å². The smallest absolute Gasteiger partial charge is 0.0378 e. The molecule has 7 nitrogen and oxygen atoms in total. The molecule has 16 heavy (non-hydrogen) atoms. The molecule has 0 bridgehead atoms. The molecule has 0 fully saturated rings. The Morgan fingerprint density at radius 3 is 0.812 bits per heavy atom. The number of rotatable bonds is 6. The minimum atomic E-state index is -0.526. The average Bonchev–Trinajstić information content (AvgIpc) is 2.23. The molecule has 6 unspecified atom stereocenters. The van der Waals surface area contributed by atoms with Crippen LogP contribution in [-0.2, 0) is 0 Å². The quantitative estimate of drug-likeness (QED) is 0.246. The second-order valence-electron chi connectivity index (χ2n) is 4.60. The summed E-state index contributed by atoms with van der Waals surface area (Å²) >= 11 is 0. The van der Waals surface area contributed by atoms with E-state index in [0.717, 1.165) is 0 Å². The van der Waals surface area contributed by atoms with Crippen LogP contribution in [0.3, 0.4) is 0 Å². The van der Waals surface area contributed by atoms with Gasteiger partial charge in [-0.15, -0.1) is 0 Å². The Morgan fingerprint density at radius 2 is 0.625 bits per heavy atom. The van der Waals surface area contributed by atoms with Crippen molar-refractivity contribution in [1.82, 2.24) is 0 Å². The van der Waals surface area contributed by atoms with Crippen molar-refractivity contribution in [2.45, 2.75) is 56.1 Å². The van der Waals surface area contributed by atoms with Crippen molar-refractivity contribution in [2.24, 2.45) is 40.1 Å². The highest BCUT2D eigenvalue weighted by atomic mass is 15.0. The third kappa shape index (κ3) is 3.95. The predicted octanol–water partition coefficient (Wildman–Crippen LogP) is -3.68.